The van der Waals surface area contributed by atoms with Crippen LogP contribution in [0.4, 0.5) is 5.69 Å². The van der Waals surface area contributed by atoms with E-state index in [2.05, 4.69) is 5.92 Å². The number of ether oxygens (including phenoxy) is 2. The van der Waals surface area contributed by atoms with Crippen molar-refractivity contribution in [3.05, 3.63) is 58.5 Å². The van der Waals surface area contributed by atoms with Gasteiger partial charge in [-0.25, -0.2) is 4.79 Å². The van der Waals surface area contributed by atoms with Gasteiger partial charge in [0.2, 0.25) is 0 Å². The summed E-state index contributed by atoms with van der Waals surface area (Å²) in [6.45, 7) is 0.115. The smallest absolute Gasteiger partial charge is 0.335 e. The summed E-state index contributed by atoms with van der Waals surface area (Å²) in [6.07, 6.45) is 6.90. The second-order valence-electron chi connectivity index (χ2n) is 5.78. The van der Waals surface area contributed by atoms with Crippen LogP contribution in [0.5, 0.6) is 11.5 Å². The zero-order chi connectivity index (χ0) is 21.0. The Kier molecular flexibility index (Phi) is 6.22. The van der Waals surface area contributed by atoms with E-state index in [1.54, 1.807) is 36.4 Å². The second-order valence-corrected chi connectivity index (χ2v) is 7.45. The normalized spacial score (nSPS) is 14.8. The van der Waals surface area contributed by atoms with Crippen molar-refractivity contribution in [2.24, 2.45) is 0 Å². The van der Waals surface area contributed by atoms with E-state index in [1.165, 1.54) is 24.1 Å². The molecule has 1 N–H and O–H groups in total. The van der Waals surface area contributed by atoms with Gasteiger partial charge in [-0.1, -0.05) is 42.0 Å². The number of anilines is 1. The third kappa shape index (κ3) is 4.42. The van der Waals surface area contributed by atoms with Crippen molar-refractivity contribution >= 4 is 51.9 Å². The Hall–Kier alpha value is -3.28. The second kappa shape index (κ2) is 8.82. The first-order valence-electron chi connectivity index (χ1n) is 8.30. The number of nitrogens with zero attached hydrogens (tertiary/aromatic N) is 1. The van der Waals surface area contributed by atoms with Crippen LogP contribution in [-0.4, -0.2) is 35.0 Å². The minimum atomic E-state index is -1.08. The van der Waals surface area contributed by atoms with Gasteiger partial charge in [-0.3, -0.25) is 9.69 Å². The fourth-order valence-corrected chi connectivity index (χ4v) is 3.93. The largest absolute Gasteiger partial charge is 0.493 e. The predicted octanol–water partition coefficient (Wildman–Crippen LogP) is 3.81. The third-order valence-electron chi connectivity index (χ3n) is 3.94. The van der Waals surface area contributed by atoms with Crippen LogP contribution in [0, 0.1) is 12.3 Å². The number of carboxylic acid groups (broad SMARTS) is 1. The highest BCUT2D eigenvalue weighted by molar-refractivity contribution is 8.27. The van der Waals surface area contributed by atoms with E-state index < -0.39 is 5.97 Å². The van der Waals surface area contributed by atoms with Crippen LogP contribution in [0.3, 0.4) is 0 Å². The summed E-state index contributed by atoms with van der Waals surface area (Å²) in [4.78, 5) is 25.8. The van der Waals surface area contributed by atoms with Crippen molar-refractivity contribution in [2.45, 2.75) is 0 Å². The topological polar surface area (TPSA) is 76.1 Å². The number of rotatable bonds is 6. The van der Waals surface area contributed by atoms with Gasteiger partial charge in [0, 0.05) is 0 Å². The molecule has 0 spiro atoms. The monoisotopic (exact) mass is 425 g/mol. The van der Waals surface area contributed by atoms with Crippen LogP contribution >= 0.6 is 24.0 Å². The molecule has 0 radical (unpaired) electrons. The van der Waals surface area contributed by atoms with Crippen molar-refractivity contribution in [1.29, 1.82) is 0 Å². The number of benzene rings is 2. The van der Waals surface area contributed by atoms with Crippen molar-refractivity contribution in [3.63, 3.8) is 0 Å². The Morgan fingerprint density at radius 2 is 2.10 bits per heavy atom. The molecule has 8 heteroatoms. The molecule has 0 aromatic heterocycles. The van der Waals surface area contributed by atoms with E-state index >= 15 is 0 Å². The molecule has 6 nitrogen and oxygen atoms in total. The molecule has 1 aliphatic rings. The van der Waals surface area contributed by atoms with Gasteiger partial charge in [0.05, 0.1) is 23.3 Å². The van der Waals surface area contributed by atoms with Gasteiger partial charge in [-0.15, -0.1) is 6.42 Å². The highest BCUT2D eigenvalue weighted by Gasteiger charge is 2.33. The van der Waals surface area contributed by atoms with E-state index in [0.717, 1.165) is 17.3 Å². The van der Waals surface area contributed by atoms with Crippen molar-refractivity contribution < 1.29 is 24.2 Å². The molecule has 0 unspecified atom stereocenters. The number of thiocarbonyl (C=S) groups is 1. The van der Waals surface area contributed by atoms with Gasteiger partial charge in [-0.05, 0) is 42.0 Å². The Morgan fingerprint density at radius 1 is 1.31 bits per heavy atom. The fourth-order valence-electron chi connectivity index (χ4n) is 2.63. The maximum absolute atomic E-state index is 12.9. The first kappa shape index (κ1) is 20.5. The quantitative estimate of drug-likeness (QED) is 0.428. The summed E-state index contributed by atoms with van der Waals surface area (Å²) in [5.74, 6) is 1.97. The number of carboxylic acids is 1. The number of hydrogen-bond donors (Lipinski definition) is 1. The van der Waals surface area contributed by atoms with Gasteiger partial charge in [0.25, 0.3) is 5.91 Å². The lowest BCUT2D eigenvalue weighted by atomic mass is 10.1. The van der Waals surface area contributed by atoms with Crippen LogP contribution in [0.1, 0.15) is 15.9 Å². The van der Waals surface area contributed by atoms with Crippen molar-refractivity contribution in [1.82, 2.24) is 0 Å². The fraction of sp³-hybridized carbons (Fsp3) is 0.0952. The summed E-state index contributed by atoms with van der Waals surface area (Å²) < 4.78 is 11.1. The average molecular weight is 425 g/mol. The number of hydrogen-bond acceptors (Lipinski definition) is 6. The van der Waals surface area contributed by atoms with Crippen LogP contribution in [0.2, 0.25) is 0 Å². The lowest BCUT2D eigenvalue weighted by Crippen LogP contribution is -2.27. The standard InChI is InChI=1S/C21H15NO5S2/c1-3-9-27-16-8-7-13(10-17(16)26-2)11-18-19(23)22(21(28)29-18)15-6-4-5-14(12-15)20(24)25/h1,4-8,10-12H,9H2,2H3,(H,24,25)/b18-11-. The SMILES string of the molecule is C#CCOc1ccc(/C=C2\SC(=S)N(c3cccc(C(=O)O)c3)C2=O)cc1OC. The number of amides is 1. The molecule has 1 amide bonds. The molecular formula is C21H15NO5S2. The number of aromatic carboxylic acids is 1. The molecule has 1 heterocycles. The molecular weight excluding hydrogens is 410 g/mol. The number of carbonyl (C=O) groups excluding carboxylic acids is 1. The van der Waals surface area contributed by atoms with E-state index in [9.17, 15) is 14.7 Å². The van der Waals surface area contributed by atoms with Crippen LogP contribution < -0.4 is 14.4 Å². The molecule has 146 valence electrons. The molecule has 2 aromatic carbocycles. The van der Waals surface area contributed by atoms with Gasteiger partial charge in [0.15, 0.2) is 15.8 Å². The summed E-state index contributed by atoms with van der Waals surface area (Å²) in [6, 6.07) is 11.3. The van der Waals surface area contributed by atoms with Crippen molar-refractivity contribution in [2.75, 3.05) is 18.6 Å². The van der Waals surface area contributed by atoms with E-state index in [1.807, 2.05) is 0 Å². The Labute approximate surface area is 177 Å². The maximum Gasteiger partial charge on any atom is 0.335 e. The molecule has 0 atom stereocenters. The molecule has 1 fully saturated rings. The minimum Gasteiger partial charge on any atom is -0.493 e. The first-order chi connectivity index (χ1) is 13.9. The lowest BCUT2D eigenvalue weighted by molar-refractivity contribution is -0.113. The molecule has 1 aliphatic heterocycles. The molecule has 0 aliphatic carbocycles. The maximum atomic E-state index is 12.9. The molecule has 3 rings (SSSR count). The summed E-state index contributed by atoms with van der Waals surface area (Å²) in [5.41, 5.74) is 1.20. The van der Waals surface area contributed by atoms with E-state index in [-0.39, 0.29) is 18.1 Å². The first-order valence-corrected chi connectivity index (χ1v) is 9.52. The predicted molar refractivity (Wildman–Crippen MR) is 116 cm³/mol. The number of carbonyl (C=O) groups is 2. The third-order valence-corrected chi connectivity index (χ3v) is 5.24. The molecule has 0 saturated carbocycles. The lowest BCUT2D eigenvalue weighted by Gasteiger charge is -2.14. The molecule has 1 saturated heterocycles. The number of terminal acetylenes is 1. The van der Waals surface area contributed by atoms with Crippen LogP contribution in [-0.2, 0) is 4.79 Å². The Morgan fingerprint density at radius 3 is 2.79 bits per heavy atom. The molecule has 0 bridgehead atoms. The van der Waals surface area contributed by atoms with Crippen LogP contribution in [0.15, 0.2) is 47.4 Å². The van der Waals surface area contributed by atoms with Gasteiger partial charge >= 0.3 is 5.97 Å². The number of methoxy groups -OCH3 is 1. The zero-order valence-electron chi connectivity index (χ0n) is 15.2. The summed E-state index contributed by atoms with van der Waals surface area (Å²) >= 11 is 6.48. The molecule has 2 aromatic rings. The summed E-state index contributed by atoms with van der Waals surface area (Å²) in [5, 5.41) is 9.17. The van der Waals surface area contributed by atoms with Gasteiger partial charge in [0.1, 0.15) is 6.61 Å². The Bertz CT molecular complexity index is 1070. The summed E-state index contributed by atoms with van der Waals surface area (Å²) in [7, 11) is 1.51. The van der Waals surface area contributed by atoms with Crippen LogP contribution in [0.25, 0.3) is 6.08 Å². The van der Waals surface area contributed by atoms with Gasteiger partial charge in [-0.2, -0.15) is 0 Å². The zero-order valence-corrected chi connectivity index (χ0v) is 16.9. The van der Waals surface area contributed by atoms with E-state index in [4.69, 9.17) is 28.1 Å². The Balaban J connectivity index is 1.89. The average Bonchev–Trinajstić information content (AvgIpc) is 2.99. The van der Waals surface area contributed by atoms with Gasteiger partial charge < -0.3 is 14.6 Å². The van der Waals surface area contributed by atoms with Crippen molar-refractivity contribution in [3.8, 4) is 23.8 Å². The van der Waals surface area contributed by atoms with E-state index in [0.29, 0.717) is 26.4 Å². The number of thioether (sulfide) groups is 1. The molecule has 29 heavy (non-hydrogen) atoms. The highest BCUT2D eigenvalue weighted by Crippen LogP contribution is 2.37. The highest BCUT2D eigenvalue weighted by atomic mass is 32.2. The minimum absolute atomic E-state index is 0.0767.